The molecule has 0 radical (unpaired) electrons. The fourth-order valence-corrected chi connectivity index (χ4v) is 7.64. The summed E-state index contributed by atoms with van der Waals surface area (Å²) in [5.74, 6) is 1.31. The fraction of sp³-hybridized carbons (Fsp3) is 0.571. The topological polar surface area (TPSA) is 42.0 Å². The van der Waals surface area contributed by atoms with E-state index in [0.29, 0.717) is 17.9 Å². The lowest BCUT2D eigenvalue weighted by molar-refractivity contribution is -0.159. The van der Waals surface area contributed by atoms with Crippen molar-refractivity contribution in [1.82, 2.24) is 4.90 Å². The third kappa shape index (κ3) is 1.30. The molecular weight excluding hydrogens is 328 g/mol. The normalized spacial score (nSPS) is 47.8. The molecule has 4 fully saturated rings. The van der Waals surface area contributed by atoms with Crippen LogP contribution in [0.5, 0.6) is 0 Å². The molecule has 136 valence electrons. The molecule has 1 spiro atoms. The summed E-state index contributed by atoms with van der Waals surface area (Å²) >= 11 is 0. The second-order valence-electron chi connectivity index (χ2n) is 8.70. The predicted octanol–water partition coefficient (Wildman–Crippen LogP) is 1.98. The highest BCUT2D eigenvalue weighted by Crippen LogP contribution is 2.73. The van der Waals surface area contributed by atoms with Crippen molar-refractivity contribution in [2.45, 2.75) is 24.0 Å². The Morgan fingerprint density at radius 2 is 2.19 bits per heavy atom. The van der Waals surface area contributed by atoms with Crippen LogP contribution in [0.4, 0.5) is 5.69 Å². The van der Waals surface area contributed by atoms with Gasteiger partial charge in [0.15, 0.2) is 0 Å². The zero-order chi connectivity index (χ0) is 17.8. The van der Waals surface area contributed by atoms with Crippen LogP contribution in [0.15, 0.2) is 36.9 Å². The van der Waals surface area contributed by atoms with Crippen molar-refractivity contribution < 1.29 is 14.4 Å². The molecule has 7 atom stereocenters. The van der Waals surface area contributed by atoms with Crippen LogP contribution in [-0.4, -0.2) is 50.3 Å². The highest BCUT2D eigenvalue weighted by Gasteiger charge is 2.80. The van der Waals surface area contributed by atoms with E-state index in [1.165, 1.54) is 5.06 Å². The summed E-state index contributed by atoms with van der Waals surface area (Å²) < 4.78 is 6.39. The lowest BCUT2D eigenvalue weighted by Gasteiger charge is -2.54. The molecule has 5 bridgehead atoms. The number of anilines is 1. The van der Waals surface area contributed by atoms with Gasteiger partial charge in [-0.25, -0.2) is 0 Å². The maximum atomic E-state index is 13.9. The second kappa shape index (κ2) is 4.58. The third-order valence-corrected chi connectivity index (χ3v) is 8.22. The summed E-state index contributed by atoms with van der Waals surface area (Å²) in [5, 5.41) is 1.50. The smallest absolute Gasteiger partial charge is 0.264 e. The monoisotopic (exact) mass is 352 g/mol. The Morgan fingerprint density at radius 3 is 2.96 bits per heavy atom. The number of nitrogens with zero attached hydrogens (tertiary/aromatic N) is 2. The number of carbonyl (C=O) groups is 1. The molecule has 1 aromatic carbocycles. The molecule has 0 aromatic heterocycles. The van der Waals surface area contributed by atoms with Crippen molar-refractivity contribution in [3.63, 3.8) is 0 Å². The molecular formula is C21H24N2O3. The quantitative estimate of drug-likeness (QED) is 0.764. The molecule has 0 unspecified atom stereocenters. The summed E-state index contributed by atoms with van der Waals surface area (Å²) in [6.07, 6.45) is 3.04. The number of hydroxylamine groups is 1. The van der Waals surface area contributed by atoms with E-state index < -0.39 is 5.41 Å². The Morgan fingerprint density at radius 1 is 1.38 bits per heavy atom. The zero-order valence-corrected chi connectivity index (χ0v) is 15.2. The third-order valence-electron chi connectivity index (χ3n) is 8.22. The van der Waals surface area contributed by atoms with Gasteiger partial charge in [0, 0.05) is 29.8 Å². The number of hydrogen-bond donors (Lipinski definition) is 0. The van der Waals surface area contributed by atoms with Crippen molar-refractivity contribution in [3.8, 4) is 0 Å². The lowest BCUT2D eigenvalue weighted by atomic mass is 9.51. The first-order valence-corrected chi connectivity index (χ1v) is 9.55. The first-order valence-electron chi connectivity index (χ1n) is 9.55. The van der Waals surface area contributed by atoms with E-state index in [2.05, 4.69) is 30.7 Å². The molecule has 3 aliphatic heterocycles. The number of amides is 1. The highest BCUT2D eigenvalue weighted by molar-refractivity contribution is 6.08. The maximum Gasteiger partial charge on any atom is 0.264 e. The van der Waals surface area contributed by atoms with Crippen LogP contribution in [0.1, 0.15) is 12.0 Å². The number of fused-ring (bicyclic) bond motifs is 5. The van der Waals surface area contributed by atoms with E-state index in [9.17, 15) is 4.79 Å². The average Bonchev–Trinajstić information content (AvgIpc) is 3.13. The zero-order valence-electron chi connectivity index (χ0n) is 15.2. The second-order valence-corrected chi connectivity index (χ2v) is 8.70. The van der Waals surface area contributed by atoms with E-state index in [-0.39, 0.29) is 23.3 Å². The van der Waals surface area contributed by atoms with Crippen LogP contribution >= 0.6 is 0 Å². The van der Waals surface area contributed by atoms with Crippen LogP contribution in [0.2, 0.25) is 0 Å². The average molecular weight is 352 g/mol. The van der Waals surface area contributed by atoms with Gasteiger partial charge in [0.05, 0.1) is 25.5 Å². The van der Waals surface area contributed by atoms with E-state index in [1.807, 2.05) is 18.2 Å². The summed E-state index contributed by atoms with van der Waals surface area (Å²) in [4.78, 5) is 21.9. The van der Waals surface area contributed by atoms with Gasteiger partial charge in [-0.2, -0.15) is 5.06 Å². The van der Waals surface area contributed by atoms with E-state index in [4.69, 9.17) is 9.57 Å². The van der Waals surface area contributed by atoms with Crippen LogP contribution in [0.25, 0.3) is 0 Å². The molecule has 2 saturated carbocycles. The van der Waals surface area contributed by atoms with Crippen molar-refractivity contribution in [1.29, 1.82) is 0 Å². The van der Waals surface area contributed by atoms with Crippen LogP contribution in [-0.2, 0) is 19.8 Å². The molecule has 3 heterocycles. The van der Waals surface area contributed by atoms with Crippen molar-refractivity contribution in [2.24, 2.45) is 23.2 Å². The molecule has 26 heavy (non-hydrogen) atoms. The van der Waals surface area contributed by atoms with E-state index >= 15 is 0 Å². The summed E-state index contributed by atoms with van der Waals surface area (Å²) in [6, 6.07) is 8.47. The number of likely N-dealkylation sites (tertiary alicyclic amines) is 1. The van der Waals surface area contributed by atoms with Gasteiger partial charge in [-0.05, 0) is 31.0 Å². The first-order chi connectivity index (χ1) is 12.6. The summed E-state index contributed by atoms with van der Waals surface area (Å²) in [5.41, 5.74) is 1.27. The number of para-hydroxylation sites is 1. The Labute approximate surface area is 153 Å². The van der Waals surface area contributed by atoms with Gasteiger partial charge in [0.25, 0.3) is 5.91 Å². The molecule has 2 saturated heterocycles. The Balaban J connectivity index is 1.68. The molecule has 2 aliphatic carbocycles. The standard InChI is InChI=1S/C21H24N2O3/c1-4-20-11-22(2)17-12-10-26-16(9-14(12)20)21(18(17)20)13-7-5-6-8-15(13)23(25-3)19(21)24/h4-8,12,14,16-18H,1,9-11H2,2-3H3/t12-,14+,16+,17-,18+,20+,21-/m0/s1. The van der Waals surface area contributed by atoms with Crippen LogP contribution in [0, 0.1) is 23.2 Å². The number of piperidine rings is 1. The van der Waals surface area contributed by atoms with Gasteiger partial charge in [-0.15, -0.1) is 6.58 Å². The Bertz CT molecular complexity index is 840. The fourth-order valence-electron chi connectivity index (χ4n) is 7.64. The van der Waals surface area contributed by atoms with Crippen LogP contribution in [0.3, 0.4) is 0 Å². The molecule has 5 heteroatoms. The minimum Gasteiger partial charge on any atom is -0.376 e. The first kappa shape index (κ1) is 15.4. The molecule has 5 aliphatic rings. The number of rotatable bonds is 2. The van der Waals surface area contributed by atoms with Gasteiger partial charge in [-0.1, -0.05) is 24.3 Å². The molecule has 5 nitrogen and oxygen atoms in total. The molecule has 1 amide bonds. The number of ether oxygens (including phenoxy) is 1. The largest absolute Gasteiger partial charge is 0.376 e. The van der Waals surface area contributed by atoms with Gasteiger partial charge in [0.1, 0.15) is 5.41 Å². The van der Waals surface area contributed by atoms with Gasteiger partial charge in [-0.3, -0.25) is 9.63 Å². The lowest BCUT2D eigenvalue weighted by Crippen LogP contribution is -2.63. The van der Waals surface area contributed by atoms with Gasteiger partial charge >= 0.3 is 0 Å². The van der Waals surface area contributed by atoms with Crippen LogP contribution < -0.4 is 5.06 Å². The van der Waals surface area contributed by atoms with Crippen molar-refractivity contribution in [3.05, 3.63) is 42.5 Å². The number of benzene rings is 1. The summed E-state index contributed by atoms with van der Waals surface area (Å²) in [6.45, 7) is 6.00. The van der Waals surface area contributed by atoms with Gasteiger partial charge < -0.3 is 9.64 Å². The highest BCUT2D eigenvalue weighted by atomic mass is 16.7. The predicted molar refractivity (Wildman–Crippen MR) is 96.5 cm³/mol. The van der Waals surface area contributed by atoms with Gasteiger partial charge in [0.2, 0.25) is 0 Å². The molecule has 0 N–H and O–H groups in total. The maximum absolute atomic E-state index is 13.9. The SMILES string of the molecule is C=C[C@@]12CN(C)[C@H]3[C@H]4CO[C@H](C[C@H]41)[C@]1(C(=O)N(OC)c4ccccc41)[C@H]32. The Hall–Kier alpha value is -1.69. The van der Waals surface area contributed by atoms with Crippen molar-refractivity contribution in [2.75, 3.05) is 32.4 Å². The minimum atomic E-state index is -0.669. The summed E-state index contributed by atoms with van der Waals surface area (Å²) in [7, 11) is 3.78. The molecule has 6 rings (SSSR count). The number of carbonyl (C=O) groups excluding carboxylic acids is 1. The minimum absolute atomic E-state index is 0.0170. The van der Waals surface area contributed by atoms with E-state index in [0.717, 1.165) is 30.8 Å². The van der Waals surface area contributed by atoms with Crippen molar-refractivity contribution >= 4 is 11.6 Å². The van der Waals surface area contributed by atoms with E-state index in [1.54, 1.807) is 7.11 Å². The molecule has 1 aromatic rings. The number of hydrogen-bond acceptors (Lipinski definition) is 4. The Kier molecular flexibility index (Phi) is 2.71.